The Morgan fingerprint density at radius 3 is 2.62 bits per heavy atom. The van der Waals surface area contributed by atoms with Crippen LogP contribution in [-0.4, -0.2) is 89.2 Å². The van der Waals surface area contributed by atoms with E-state index < -0.39 is 28.2 Å². The number of rotatable bonds is 8. The molecule has 0 unspecified atom stereocenters. The molecule has 0 spiro atoms. The first-order chi connectivity index (χ1) is 17.3. The molecule has 13 heteroatoms. The number of benzene rings is 1. The number of aryl methyl sites for hydroxylation is 1. The van der Waals surface area contributed by atoms with Crippen LogP contribution in [0.5, 0.6) is 5.75 Å². The van der Waals surface area contributed by atoms with Crippen molar-refractivity contribution in [3.63, 3.8) is 0 Å². The maximum absolute atomic E-state index is 13.5. The molecule has 2 heterocycles. The van der Waals surface area contributed by atoms with Crippen molar-refractivity contribution >= 4 is 27.6 Å². The van der Waals surface area contributed by atoms with Crippen LogP contribution >= 0.6 is 0 Å². The van der Waals surface area contributed by atoms with Gasteiger partial charge in [0.2, 0.25) is 0 Å². The summed E-state index contributed by atoms with van der Waals surface area (Å²) in [6.07, 6.45) is 2.22. The van der Waals surface area contributed by atoms with Gasteiger partial charge in [0.25, 0.3) is 15.9 Å². The SMILES string of the molecule is CC(C)NC(=O)Nc1ccc2c(c1)C(=O)N([C@H](C)CO)C[C@H](C)[C@H](CN(C)S(=O)(=O)c1cn(C)cn1)O2. The summed E-state index contributed by atoms with van der Waals surface area (Å²) in [6.45, 7) is 7.25. The van der Waals surface area contributed by atoms with E-state index in [1.165, 1.54) is 29.9 Å². The van der Waals surface area contributed by atoms with Crippen molar-refractivity contribution in [2.45, 2.75) is 50.9 Å². The van der Waals surface area contributed by atoms with Crippen molar-refractivity contribution in [1.29, 1.82) is 0 Å². The number of amides is 3. The molecule has 1 aromatic heterocycles. The van der Waals surface area contributed by atoms with Crippen molar-refractivity contribution in [3.8, 4) is 5.75 Å². The van der Waals surface area contributed by atoms with Crippen molar-refractivity contribution in [2.24, 2.45) is 13.0 Å². The number of hydrogen-bond donors (Lipinski definition) is 3. The van der Waals surface area contributed by atoms with Gasteiger partial charge in [-0.05, 0) is 39.0 Å². The van der Waals surface area contributed by atoms with Gasteiger partial charge in [-0.2, -0.15) is 4.31 Å². The van der Waals surface area contributed by atoms with Gasteiger partial charge in [0.15, 0.2) is 5.03 Å². The first-order valence-electron chi connectivity index (χ1n) is 12.1. The number of likely N-dealkylation sites (N-methyl/N-ethyl adjacent to an activating group) is 1. The number of urea groups is 1. The second-order valence-electron chi connectivity index (χ2n) is 9.75. The number of aliphatic hydroxyl groups is 1. The molecule has 1 aliphatic rings. The van der Waals surface area contributed by atoms with Crippen LogP contribution in [-0.2, 0) is 17.1 Å². The number of aliphatic hydroxyl groups excluding tert-OH is 1. The topological polar surface area (TPSA) is 146 Å². The Balaban J connectivity index is 1.95. The third-order valence-electron chi connectivity index (χ3n) is 6.14. The maximum atomic E-state index is 13.5. The van der Waals surface area contributed by atoms with E-state index in [2.05, 4.69) is 15.6 Å². The number of aromatic nitrogens is 2. The molecular formula is C24H36N6O6S. The number of carbonyl (C=O) groups excluding carboxylic acids is 2. The number of hydrogen-bond acceptors (Lipinski definition) is 7. The van der Waals surface area contributed by atoms with Gasteiger partial charge in [-0.3, -0.25) is 4.79 Å². The Morgan fingerprint density at radius 2 is 2.03 bits per heavy atom. The van der Waals surface area contributed by atoms with E-state index >= 15 is 0 Å². The summed E-state index contributed by atoms with van der Waals surface area (Å²) in [5, 5.41) is 15.2. The molecule has 1 aromatic carbocycles. The highest BCUT2D eigenvalue weighted by atomic mass is 32.2. The minimum atomic E-state index is -3.87. The van der Waals surface area contributed by atoms with Crippen molar-refractivity contribution in [1.82, 2.24) is 24.1 Å². The lowest BCUT2D eigenvalue weighted by Gasteiger charge is -2.38. The molecule has 3 N–H and O–H groups in total. The van der Waals surface area contributed by atoms with E-state index in [1.807, 2.05) is 20.8 Å². The summed E-state index contributed by atoms with van der Waals surface area (Å²) >= 11 is 0. The fourth-order valence-electron chi connectivity index (χ4n) is 3.98. The first kappa shape index (κ1) is 28.4. The monoisotopic (exact) mass is 536 g/mol. The highest BCUT2D eigenvalue weighted by Gasteiger charge is 2.35. The molecular weight excluding hydrogens is 500 g/mol. The Morgan fingerprint density at radius 1 is 1.32 bits per heavy atom. The number of anilines is 1. The molecule has 0 aliphatic carbocycles. The molecule has 0 radical (unpaired) electrons. The summed E-state index contributed by atoms with van der Waals surface area (Å²) in [4.78, 5) is 31.2. The number of imidazole rings is 1. The van der Waals surface area contributed by atoms with Gasteiger partial charge in [0.1, 0.15) is 11.9 Å². The number of nitrogens with zero attached hydrogens (tertiary/aromatic N) is 4. The highest BCUT2D eigenvalue weighted by molar-refractivity contribution is 7.89. The molecule has 3 atom stereocenters. The predicted molar refractivity (Wildman–Crippen MR) is 138 cm³/mol. The summed E-state index contributed by atoms with van der Waals surface area (Å²) in [5.74, 6) is -0.374. The predicted octanol–water partition coefficient (Wildman–Crippen LogP) is 1.49. The maximum Gasteiger partial charge on any atom is 0.319 e. The lowest BCUT2D eigenvalue weighted by atomic mass is 9.99. The first-order valence-corrected chi connectivity index (χ1v) is 13.5. The standard InChI is InChI=1S/C24H36N6O6S/c1-15(2)26-24(33)27-18-7-8-20-19(9-18)23(32)30(17(4)13-31)10-16(3)21(36-20)11-29(6)37(34,35)22-12-28(5)14-25-22/h7-9,12,14-17,21,31H,10-11,13H2,1-6H3,(H2,26,27,33)/t16-,17+,21-/m0/s1. The smallest absolute Gasteiger partial charge is 0.319 e. The molecule has 204 valence electrons. The summed E-state index contributed by atoms with van der Waals surface area (Å²) < 4.78 is 35.1. The minimum absolute atomic E-state index is 0.00580. The van der Waals surface area contributed by atoms with Gasteiger partial charge in [-0.25, -0.2) is 18.2 Å². The largest absolute Gasteiger partial charge is 0.488 e. The van der Waals surface area contributed by atoms with Crippen LogP contribution in [0.25, 0.3) is 0 Å². The second-order valence-corrected chi connectivity index (χ2v) is 11.7. The van der Waals surface area contributed by atoms with E-state index in [0.29, 0.717) is 5.69 Å². The van der Waals surface area contributed by atoms with Gasteiger partial charge in [-0.15, -0.1) is 0 Å². The van der Waals surface area contributed by atoms with Crippen LogP contribution in [0.15, 0.2) is 35.7 Å². The zero-order valence-corrected chi connectivity index (χ0v) is 22.8. The summed E-state index contributed by atoms with van der Waals surface area (Å²) in [5.41, 5.74) is 0.597. The zero-order valence-electron chi connectivity index (χ0n) is 22.0. The van der Waals surface area contributed by atoms with Crippen molar-refractivity contribution in [2.75, 3.05) is 32.1 Å². The quantitative estimate of drug-likeness (QED) is 0.463. The van der Waals surface area contributed by atoms with Crippen LogP contribution in [0.2, 0.25) is 0 Å². The third-order valence-corrected chi connectivity index (χ3v) is 7.84. The summed E-state index contributed by atoms with van der Waals surface area (Å²) in [6, 6.07) is 3.74. The molecule has 3 rings (SSSR count). The van der Waals surface area contributed by atoms with E-state index in [1.54, 1.807) is 35.6 Å². The number of sulfonamides is 1. The van der Waals surface area contributed by atoms with Gasteiger partial charge in [0.05, 0.1) is 31.1 Å². The lowest BCUT2D eigenvalue weighted by Crippen LogP contribution is -2.50. The van der Waals surface area contributed by atoms with Crippen molar-refractivity contribution < 1.29 is 27.9 Å². The molecule has 0 fully saturated rings. The fourth-order valence-corrected chi connectivity index (χ4v) is 5.12. The van der Waals surface area contributed by atoms with Crippen LogP contribution in [0.3, 0.4) is 0 Å². The van der Waals surface area contributed by atoms with E-state index in [0.717, 1.165) is 0 Å². The molecule has 0 saturated heterocycles. The molecule has 2 aromatic rings. The molecule has 0 bridgehead atoms. The van der Waals surface area contributed by atoms with Gasteiger partial charge < -0.3 is 29.9 Å². The van der Waals surface area contributed by atoms with Gasteiger partial charge in [0, 0.05) is 44.5 Å². The lowest BCUT2D eigenvalue weighted by molar-refractivity contribution is 0.0387. The molecule has 1 aliphatic heterocycles. The Hall–Kier alpha value is -3.16. The van der Waals surface area contributed by atoms with Crippen LogP contribution in [0, 0.1) is 5.92 Å². The summed E-state index contributed by atoms with van der Waals surface area (Å²) in [7, 11) is -0.724. The highest BCUT2D eigenvalue weighted by Crippen LogP contribution is 2.31. The second kappa shape index (κ2) is 11.5. The number of carbonyl (C=O) groups is 2. The van der Waals surface area contributed by atoms with E-state index in [-0.39, 0.29) is 53.9 Å². The number of nitrogens with one attached hydrogen (secondary N) is 2. The molecule has 12 nitrogen and oxygen atoms in total. The van der Waals surface area contributed by atoms with Crippen molar-refractivity contribution in [3.05, 3.63) is 36.3 Å². The average Bonchev–Trinajstić information content (AvgIpc) is 3.27. The van der Waals surface area contributed by atoms with Crippen LogP contribution in [0.1, 0.15) is 38.1 Å². The molecule has 37 heavy (non-hydrogen) atoms. The normalized spacial score (nSPS) is 19.2. The average molecular weight is 537 g/mol. The van der Waals surface area contributed by atoms with Gasteiger partial charge in [-0.1, -0.05) is 6.92 Å². The van der Waals surface area contributed by atoms with E-state index in [9.17, 15) is 23.1 Å². The Labute approximate surface area is 217 Å². The van der Waals surface area contributed by atoms with Gasteiger partial charge >= 0.3 is 6.03 Å². The number of ether oxygens (including phenoxy) is 1. The molecule has 3 amide bonds. The minimum Gasteiger partial charge on any atom is -0.488 e. The van der Waals surface area contributed by atoms with E-state index in [4.69, 9.17) is 4.74 Å². The third kappa shape index (κ3) is 6.59. The fraction of sp³-hybridized carbons (Fsp3) is 0.542. The van der Waals surface area contributed by atoms with Crippen LogP contribution in [0.4, 0.5) is 10.5 Å². The Bertz CT molecular complexity index is 1230. The molecule has 0 saturated carbocycles. The Kier molecular flexibility index (Phi) is 8.82. The zero-order chi connectivity index (χ0) is 27.5. The van der Waals surface area contributed by atoms with Crippen LogP contribution < -0.4 is 15.4 Å². The number of fused-ring (bicyclic) bond motifs is 1.